The molecule has 6 nitrogen and oxygen atoms in total. The number of nitrogens with zero attached hydrogens (tertiary/aromatic N) is 4. The molecule has 0 spiro atoms. The summed E-state index contributed by atoms with van der Waals surface area (Å²) in [7, 11) is 5.61. The third-order valence-electron chi connectivity index (χ3n) is 2.97. The topological polar surface area (TPSA) is 56.9 Å². The fraction of sp³-hybridized carbons (Fsp3) is 0.538. The van der Waals surface area contributed by atoms with Crippen molar-refractivity contribution in [1.82, 2.24) is 24.9 Å². The molecular weight excluding hydrogens is 274 g/mol. The van der Waals surface area contributed by atoms with E-state index in [1.54, 1.807) is 18.9 Å². The predicted molar refractivity (Wildman–Crippen MR) is 78.9 cm³/mol. The Hall–Kier alpha value is -1.31. The SMILES string of the molecule is COCCNCc1c(C)nn(C)c1Sc1cnn(C)c1. The third kappa shape index (κ3) is 3.62. The summed E-state index contributed by atoms with van der Waals surface area (Å²) in [6.07, 6.45) is 3.88. The van der Waals surface area contributed by atoms with Gasteiger partial charge in [-0.3, -0.25) is 9.36 Å². The molecule has 2 aromatic heterocycles. The number of aryl methyl sites for hydroxylation is 3. The van der Waals surface area contributed by atoms with Crippen LogP contribution in [0.2, 0.25) is 0 Å². The number of hydrogen-bond donors (Lipinski definition) is 1. The van der Waals surface area contributed by atoms with Gasteiger partial charge in [0.25, 0.3) is 0 Å². The summed E-state index contributed by atoms with van der Waals surface area (Å²) in [5, 5.41) is 13.2. The number of nitrogens with one attached hydrogen (secondary N) is 1. The smallest absolute Gasteiger partial charge is 0.103 e. The molecule has 1 N–H and O–H groups in total. The Morgan fingerprint density at radius 1 is 1.40 bits per heavy atom. The van der Waals surface area contributed by atoms with Crippen LogP contribution in [0.4, 0.5) is 0 Å². The van der Waals surface area contributed by atoms with Crippen molar-refractivity contribution in [2.45, 2.75) is 23.4 Å². The van der Waals surface area contributed by atoms with Crippen LogP contribution in [0.3, 0.4) is 0 Å². The van der Waals surface area contributed by atoms with Crippen molar-refractivity contribution in [3.05, 3.63) is 23.7 Å². The maximum Gasteiger partial charge on any atom is 0.103 e. The lowest BCUT2D eigenvalue weighted by Gasteiger charge is -2.06. The van der Waals surface area contributed by atoms with Crippen molar-refractivity contribution in [1.29, 1.82) is 0 Å². The lowest BCUT2D eigenvalue weighted by molar-refractivity contribution is 0.199. The molecule has 0 unspecified atom stereocenters. The van der Waals surface area contributed by atoms with Gasteiger partial charge in [0.05, 0.1) is 23.4 Å². The summed E-state index contributed by atoms with van der Waals surface area (Å²) >= 11 is 1.69. The van der Waals surface area contributed by atoms with Crippen molar-refractivity contribution < 1.29 is 4.74 Å². The highest BCUT2D eigenvalue weighted by Crippen LogP contribution is 2.31. The number of rotatable bonds is 7. The van der Waals surface area contributed by atoms with Crippen LogP contribution in [0.25, 0.3) is 0 Å². The van der Waals surface area contributed by atoms with E-state index in [4.69, 9.17) is 4.74 Å². The molecule has 0 aromatic carbocycles. The van der Waals surface area contributed by atoms with E-state index in [-0.39, 0.29) is 0 Å². The summed E-state index contributed by atoms with van der Waals surface area (Å²) in [5.74, 6) is 0. The summed E-state index contributed by atoms with van der Waals surface area (Å²) in [6, 6.07) is 0. The van der Waals surface area contributed by atoms with E-state index in [0.717, 1.165) is 28.7 Å². The van der Waals surface area contributed by atoms with Crippen molar-refractivity contribution in [2.75, 3.05) is 20.3 Å². The quantitative estimate of drug-likeness (QED) is 0.781. The van der Waals surface area contributed by atoms with Crippen LogP contribution in [0.15, 0.2) is 22.3 Å². The Labute approximate surface area is 123 Å². The minimum Gasteiger partial charge on any atom is -0.383 e. The molecule has 0 bridgehead atoms. The number of aromatic nitrogens is 4. The Morgan fingerprint density at radius 2 is 2.20 bits per heavy atom. The molecule has 0 amide bonds. The maximum atomic E-state index is 5.04. The van der Waals surface area contributed by atoms with Gasteiger partial charge in [-0.25, -0.2) is 0 Å². The molecule has 0 saturated heterocycles. The molecule has 2 aromatic rings. The molecule has 0 aliphatic heterocycles. The molecule has 0 radical (unpaired) electrons. The van der Waals surface area contributed by atoms with Gasteiger partial charge in [0.2, 0.25) is 0 Å². The van der Waals surface area contributed by atoms with Crippen LogP contribution in [0, 0.1) is 6.92 Å². The second kappa shape index (κ2) is 6.92. The van der Waals surface area contributed by atoms with E-state index in [0.29, 0.717) is 6.61 Å². The molecule has 2 rings (SSSR count). The first-order chi connectivity index (χ1) is 9.61. The first-order valence-corrected chi connectivity index (χ1v) is 7.32. The monoisotopic (exact) mass is 295 g/mol. The fourth-order valence-corrected chi connectivity index (χ4v) is 3.01. The van der Waals surface area contributed by atoms with Gasteiger partial charge in [-0.05, 0) is 6.92 Å². The van der Waals surface area contributed by atoms with Gasteiger partial charge in [-0.15, -0.1) is 0 Å². The van der Waals surface area contributed by atoms with E-state index in [1.807, 2.05) is 42.8 Å². The van der Waals surface area contributed by atoms with Gasteiger partial charge in [0.15, 0.2) is 0 Å². The summed E-state index contributed by atoms with van der Waals surface area (Å²) in [5.41, 5.74) is 2.29. The third-order valence-corrected chi connectivity index (χ3v) is 4.12. The Bertz CT molecular complexity index is 563. The zero-order chi connectivity index (χ0) is 14.5. The van der Waals surface area contributed by atoms with E-state index in [9.17, 15) is 0 Å². The summed E-state index contributed by atoms with van der Waals surface area (Å²) in [6.45, 7) is 4.39. The average molecular weight is 295 g/mol. The minimum atomic E-state index is 0.713. The van der Waals surface area contributed by atoms with Gasteiger partial charge >= 0.3 is 0 Å². The van der Waals surface area contributed by atoms with E-state index in [2.05, 4.69) is 15.5 Å². The van der Waals surface area contributed by atoms with Crippen LogP contribution in [-0.2, 0) is 25.4 Å². The van der Waals surface area contributed by atoms with Crippen molar-refractivity contribution in [3.63, 3.8) is 0 Å². The molecular formula is C13H21N5OS. The highest BCUT2D eigenvalue weighted by molar-refractivity contribution is 7.99. The molecule has 0 fully saturated rings. The van der Waals surface area contributed by atoms with E-state index < -0.39 is 0 Å². The number of hydrogen-bond acceptors (Lipinski definition) is 5. The second-order valence-corrected chi connectivity index (χ2v) is 5.68. The van der Waals surface area contributed by atoms with E-state index in [1.165, 1.54) is 5.56 Å². The predicted octanol–water partition coefficient (Wildman–Crippen LogP) is 1.35. The van der Waals surface area contributed by atoms with Crippen molar-refractivity contribution in [3.8, 4) is 0 Å². The van der Waals surface area contributed by atoms with Crippen LogP contribution in [-0.4, -0.2) is 39.8 Å². The van der Waals surface area contributed by atoms with Gasteiger partial charge in [-0.2, -0.15) is 10.2 Å². The number of ether oxygens (including phenoxy) is 1. The van der Waals surface area contributed by atoms with Crippen LogP contribution >= 0.6 is 11.8 Å². The van der Waals surface area contributed by atoms with Gasteiger partial charge in [0, 0.05) is 46.1 Å². The van der Waals surface area contributed by atoms with Crippen molar-refractivity contribution in [2.24, 2.45) is 14.1 Å². The molecule has 110 valence electrons. The normalized spacial score (nSPS) is 11.2. The maximum absolute atomic E-state index is 5.04. The largest absolute Gasteiger partial charge is 0.383 e. The molecule has 7 heteroatoms. The van der Waals surface area contributed by atoms with Gasteiger partial charge in [-0.1, -0.05) is 11.8 Å². The molecule has 0 aliphatic carbocycles. The first-order valence-electron chi connectivity index (χ1n) is 6.50. The van der Waals surface area contributed by atoms with Gasteiger partial charge < -0.3 is 10.1 Å². The molecule has 0 atom stereocenters. The molecule has 0 aliphatic rings. The highest BCUT2D eigenvalue weighted by Gasteiger charge is 2.14. The zero-order valence-corrected chi connectivity index (χ0v) is 13.2. The zero-order valence-electron chi connectivity index (χ0n) is 12.4. The fourth-order valence-electron chi connectivity index (χ4n) is 1.96. The van der Waals surface area contributed by atoms with Gasteiger partial charge in [0.1, 0.15) is 5.03 Å². The van der Waals surface area contributed by atoms with E-state index >= 15 is 0 Å². The van der Waals surface area contributed by atoms with Crippen LogP contribution in [0.5, 0.6) is 0 Å². The summed E-state index contributed by atoms with van der Waals surface area (Å²) in [4.78, 5) is 1.12. The molecule has 20 heavy (non-hydrogen) atoms. The Morgan fingerprint density at radius 3 is 2.85 bits per heavy atom. The highest BCUT2D eigenvalue weighted by atomic mass is 32.2. The lowest BCUT2D eigenvalue weighted by atomic mass is 10.2. The minimum absolute atomic E-state index is 0.713. The Balaban J connectivity index is 2.10. The van der Waals surface area contributed by atoms with Crippen molar-refractivity contribution >= 4 is 11.8 Å². The lowest BCUT2D eigenvalue weighted by Crippen LogP contribution is -2.19. The molecule has 2 heterocycles. The summed E-state index contributed by atoms with van der Waals surface area (Å²) < 4.78 is 8.78. The first kappa shape index (κ1) is 15.1. The molecule has 0 saturated carbocycles. The Kier molecular flexibility index (Phi) is 5.22. The number of methoxy groups -OCH3 is 1. The van der Waals surface area contributed by atoms with Crippen LogP contribution in [0.1, 0.15) is 11.3 Å². The van der Waals surface area contributed by atoms with Crippen LogP contribution < -0.4 is 5.32 Å². The standard InChI is InChI=1S/C13H21N5OS/c1-10-12(8-14-5-6-19-4)13(18(3)16-10)20-11-7-15-17(2)9-11/h7,9,14H,5-6,8H2,1-4H3. The average Bonchev–Trinajstić information content (AvgIpc) is 2.92. The second-order valence-electron chi connectivity index (χ2n) is 4.61.